The summed E-state index contributed by atoms with van der Waals surface area (Å²) in [7, 11) is 5.88. The molecule has 0 aliphatic heterocycles. The molecule has 1 N–H and O–H groups in total. The Balaban J connectivity index is 2.90. The first kappa shape index (κ1) is 17.0. The van der Waals surface area contributed by atoms with Crippen LogP contribution >= 0.6 is 0 Å². The normalized spacial score (nSPS) is 12.2. The highest BCUT2D eigenvalue weighted by Crippen LogP contribution is 2.33. The van der Waals surface area contributed by atoms with Crippen molar-refractivity contribution in [3.05, 3.63) is 11.9 Å². The van der Waals surface area contributed by atoms with Crippen LogP contribution in [0, 0.1) is 0 Å². The van der Waals surface area contributed by atoms with Gasteiger partial charge in [-0.25, -0.2) is 0 Å². The predicted molar refractivity (Wildman–Crippen MR) is 83.5 cm³/mol. The minimum atomic E-state index is 0.0380. The quantitative estimate of drug-likeness (QED) is 0.701. The Morgan fingerprint density at radius 2 is 2.10 bits per heavy atom. The van der Waals surface area contributed by atoms with Gasteiger partial charge in [0.1, 0.15) is 0 Å². The van der Waals surface area contributed by atoms with E-state index in [1.165, 1.54) is 5.69 Å². The van der Waals surface area contributed by atoms with Gasteiger partial charge in [0.25, 0.3) is 0 Å². The van der Waals surface area contributed by atoms with Crippen molar-refractivity contribution in [2.24, 2.45) is 0 Å². The number of rotatable bonds is 9. The largest absolute Gasteiger partial charge is 0.493 e. The molecule has 0 aliphatic rings. The van der Waals surface area contributed by atoms with Crippen LogP contribution in [0.1, 0.15) is 32.9 Å². The van der Waals surface area contributed by atoms with Crippen molar-refractivity contribution in [3.8, 4) is 5.75 Å². The van der Waals surface area contributed by atoms with Crippen molar-refractivity contribution in [1.82, 2.24) is 20.0 Å². The van der Waals surface area contributed by atoms with E-state index in [-0.39, 0.29) is 5.41 Å². The number of likely N-dealkylation sites (N-methyl/N-ethyl adjacent to an activating group) is 1. The van der Waals surface area contributed by atoms with Crippen molar-refractivity contribution < 1.29 is 4.74 Å². The lowest BCUT2D eigenvalue weighted by Gasteiger charge is -2.27. The molecule has 0 fully saturated rings. The average Bonchev–Trinajstić information content (AvgIpc) is 2.80. The molecule has 0 bridgehead atoms. The van der Waals surface area contributed by atoms with E-state index in [1.807, 2.05) is 6.20 Å². The maximum atomic E-state index is 5.51. The molecule has 5 heteroatoms. The first-order chi connectivity index (χ1) is 9.42. The fraction of sp³-hybridized carbons (Fsp3) is 0.800. The second-order valence-electron chi connectivity index (χ2n) is 6.08. The van der Waals surface area contributed by atoms with Gasteiger partial charge in [0.15, 0.2) is 5.75 Å². The van der Waals surface area contributed by atoms with Crippen molar-refractivity contribution in [3.63, 3.8) is 0 Å². The molecule has 0 saturated heterocycles. The Bertz CT molecular complexity index is 399. The molecule has 1 heterocycles. The Morgan fingerprint density at radius 3 is 2.65 bits per heavy atom. The summed E-state index contributed by atoms with van der Waals surface area (Å²) in [5.74, 6) is 0.894. The van der Waals surface area contributed by atoms with Crippen LogP contribution in [0.4, 0.5) is 0 Å². The number of aromatic nitrogens is 2. The van der Waals surface area contributed by atoms with E-state index in [0.717, 1.165) is 38.3 Å². The van der Waals surface area contributed by atoms with Gasteiger partial charge >= 0.3 is 0 Å². The van der Waals surface area contributed by atoms with Crippen LogP contribution in [-0.2, 0) is 12.0 Å². The van der Waals surface area contributed by atoms with E-state index in [1.54, 1.807) is 7.11 Å². The monoisotopic (exact) mass is 282 g/mol. The lowest BCUT2D eigenvalue weighted by molar-refractivity contribution is 0.337. The smallest absolute Gasteiger partial charge is 0.160 e. The van der Waals surface area contributed by atoms with Gasteiger partial charge in [-0.15, -0.1) is 0 Å². The Labute approximate surface area is 123 Å². The third-order valence-electron chi connectivity index (χ3n) is 3.60. The van der Waals surface area contributed by atoms with E-state index in [4.69, 9.17) is 4.74 Å². The van der Waals surface area contributed by atoms with Gasteiger partial charge in [0.05, 0.1) is 25.5 Å². The summed E-state index contributed by atoms with van der Waals surface area (Å²) in [4.78, 5) is 2.17. The highest BCUT2D eigenvalue weighted by Gasteiger charge is 2.28. The zero-order chi connectivity index (χ0) is 15.2. The van der Waals surface area contributed by atoms with Gasteiger partial charge in [0.2, 0.25) is 0 Å². The molecule has 0 aromatic carbocycles. The van der Waals surface area contributed by atoms with Gasteiger partial charge in [0, 0.05) is 12.0 Å². The number of methoxy groups -OCH3 is 1. The third kappa shape index (κ3) is 4.49. The fourth-order valence-corrected chi connectivity index (χ4v) is 2.36. The topological polar surface area (TPSA) is 42.3 Å². The highest BCUT2D eigenvalue weighted by atomic mass is 16.5. The predicted octanol–water partition coefficient (Wildman–Crippen LogP) is 1.73. The Kier molecular flexibility index (Phi) is 6.49. The molecule has 1 aromatic heterocycles. The molecule has 20 heavy (non-hydrogen) atoms. The molecule has 0 aliphatic carbocycles. The number of nitrogens with zero attached hydrogens (tertiary/aromatic N) is 3. The lowest BCUT2D eigenvalue weighted by atomic mass is 9.85. The maximum Gasteiger partial charge on any atom is 0.160 e. The van der Waals surface area contributed by atoms with Gasteiger partial charge in [-0.3, -0.25) is 4.68 Å². The second-order valence-corrected chi connectivity index (χ2v) is 6.08. The average molecular weight is 282 g/mol. The van der Waals surface area contributed by atoms with Crippen LogP contribution in [-0.4, -0.2) is 55.5 Å². The van der Waals surface area contributed by atoms with Crippen LogP contribution in [0.3, 0.4) is 0 Å². The minimum absolute atomic E-state index is 0.0380. The van der Waals surface area contributed by atoms with Crippen LogP contribution in [0.2, 0.25) is 0 Å². The van der Waals surface area contributed by atoms with Crippen LogP contribution in [0.5, 0.6) is 5.75 Å². The standard InChI is InChI=1S/C15H30N4O/c1-7-16-9-8-15(2,3)14-13(20-6)12-17-19(14)11-10-18(4)5/h12,16H,7-11H2,1-6H3. The van der Waals surface area contributed by atoms with Gasteiger partial charge in [-0.05, 0) is 33.6 Å². The van der Waals surface area contributed by atoms with E-state index in [0.29, 0.717) is 0 Å². The van der Waals surface area contributed by atoms with Crippen LogP contribution in [0.25, 0.3) is 0 Å². The van der Waals surface area contributed by atoms with Crippen LogP contribution < -0.4 is 10.1 Å². The first-order valence-electron chi connectivity index (χ1n) is 7.38. The number of hydrogen-bond donors (Lipinski definition) is 1. The maximum absolute atomic E-state index is 5.51. The summed E-state index contributed by atoms with van der Waals surface area (Å²) in [6.07, 6.45) is 2.89. The van der Waals surface area contributed by atoms with E-state index in [2.05, 4.69) is 54.9 Å². The van der Waals surface area contributed by atoms with E-state index < -0.39 is 0 Å². The first-order valence-corrected chi connectivity index (χ1v) is 7.38. The zero-order valence-electron chi connectivity index (χ0n) is 13.9. The van der Waals surface area contributed by atoms with Crippen molar-refractivity contribution >= 4 is 0 Å². The summed E-state index contributed by atoms with van der Waals surface area (Å²) in [5.41, 5.74) is 1.23. The molecule has 0 atom stereocenters. The number of ether oxygens (including phenoxy) is 1. The molecule has 1 aromatic rings. The summed E-state index contributed by atoms with van der Waals surface area (Å²) in [6.45, 7) is 10.5. The van der Waals surface area contributed by atoms with Crippen molar-refractivity contribution in [1.29, 1.82) is 0 Å². The Hall–Kier alpha value is -1.07. The summed E-state index contributed by atoms with van der Waals surface area (Å²) in [6, 6.07) is 0. The molecule has 0 radical (unpaired) electrons. The second kappa shape index (κ2) is 7.64. The van der Waals surface area contributed by atoms with Gasteiger partial charge < -0.3 is 15.0 Å². The number of nitrogens with one attached hydrogen (secondary N) is 1. The third-order valence-corrected chi connectivity index (χ3v) is 3.60. The zero-order valence-corrected chi connectivity index (χ0v) is 13.9. The number of hydrogen-bond acceptors (Lipinski definition) is 4. The SMILES string of the molecule is CCNCCC(C)(C)c1c(OC)cnn1CCN(C)C. The highest BCUT2D eigenvalue weighted by molar-refractivity contribution is 5.32. The molecule has 0 amide bonds. The molecule has 1 rings (SSSR count). The Morgan fingerprint density at radius 1 is 1.40 bits per heavy atom. The molecule has 0 saturated carbocycles. The lowest BCUT2D eigenvalue weighted by Crippen LogP contribution is -2.30. The molecular formula is C15H30N4O. The van der Waals surface area contributed by atoms with Gasteiger partial charge in [-0.1, -0.05) is 20.8 Å². The summed E-state index contributed by atoms with van der Waals surface area (Å²) < 4.78 is 7.60. The van der Waals surface area contributed by atoms with Gasteiger partial charge in [-0.2, -0.15) is 5.10 Å². The molecule has 0 spiro atoms. The van der Waals surface area contributed by atoms with Crippen molar-refractivity contribution in [2.45, 2.75) is 39.2 Å². The molecule has 5 nitrogen and oxygen atoms in total. The summed E-state index contributed by atoms with van der Waals surface area (Å²) in [5, 5.41) is 7.89. The minimum Gasteiger partial charge on any atom is -0.493 e. The van der Waals surface area contributed by atoms with Crippen molar-refractivity contribution in [2.75, 3.05) is 40.8 Å². The molecule has 116 valence electrons. The van der Waals surface area contributed by atoms with E-state index >= 15 is 0 Å². The fourth-order valence-electron chi connectivity index (χ4n) is 2.36. The van der Waals surface area contributed by atoms with E-state index in [9.17, 15) is 0 Å². The molecule has 0 unspecified atom stereocenters. The molecular weight excluding hydrogens is 252 g/mol. The summed E-state index contributed by atoms with van der Waals surface area (Å²) >= 11 is 0. The van der Waals surface area contributed by atoms with Crippen LogP contribution in [0.15, 0.2) is 6.20 Å².